The highest BCUT2D eigenvalue weighted by atomic mass is 16.5. The van der Waals surface area contributed by atoms with E-state index in [-0.39, 0.29) is 12.0 Å². The summed E-state index contributed by atoms with van der Waals surface area (Å²) in [7, 11) is 0. The number of carbonyl (C=O) groups is 2. The monoisotopic (exact) mass is 429 g/mol. The van der Waals surface area contributed by atoms with Crippen molar-refractivity contribution in [3.05, 3.63) is 95.7 Å². The van der Waals surface area contributed by atoms with Crippen LogP contribution in [0.15, 0.2) is 78.9 Å². The van der Waals surface area contributed by atoms with Crippen LogP contribution in [-0.2, 0) is 4.79 Å². The summed E-state index contributed by atoms with van der Waals surface area (Å²) in [4.78, 5) is 24.1. The summed E-state index contributed by atoms with van der Waals surface area (Å²) in [6.45, 7) is 3.37. The number of aromatic nitrogens is 1. The number of aliphatic carboxylic acids is 1. The third-order valence-corrected chi connectivity index (χ3v) is 5.23. The Balaban J connectivity index is 1.57. The Labute approximate surface area is 185 Å². The zero-order valence-electron chi connectivity index (χ0n) is 17.8. The molecular weight excluding hydrogens is 406 g/mol. The SMILES string of the molecule is Cc1cc2c(OCC(=O)O)cccc2n1C(=O)c1ccc(OC(C)c2ccccc2)cc1. The summed E-state index contributed by atoms with van der Waals surface area (Å²) in [6.07, 6.45) is -0.113. The average Bonchev–Trinajstić information content (AvgIpc) is 3.14. The number of nitrogens with zero attached hydrogens (tertiary/aromatic N) is 1. The molecule has 1 N–H and O–H groups in total. The molecule has 3 aromatic carbocycles. The zero-order chi connectivity index (χ0) is 22.7. The molecule has 0 aliphatic carbocycles. The van der Waals surface area contributed by atoms with Gasteiger partial charge in [0.05, 0.1) is 5.52 Å². The first kappa shape index (κ1) is 21.2. The highest BCUT2D eigenvalue weighted by molar-refractivity contribution is 6.04. The van der Waals surface area contributed by atoms with Crippen LogP contribution in [0.2, 0.25) is 0 Å². The summed E-state index contributed by atoms with van der Waals surface area (Å²) in [6, 6.07) is 24.1. The van der Waals surface area contributed by atoms with E-state index in [1.807, 2.05) is 56.3 Å². The Hall–Kier alpha value is -4.06. The second kappa shape index (κ2) is 8.98. The lowest BCUT2D eigenvalue weighted by atomic mass is 10.1. The highest BCUT2D eigenvalue weighted by Gasteiger charge is 2.18. The van der Waals surface area contributed by atoms with Crippen molar-refractivity contribution in [3.63, 3.8) is 0 Å². The van der Waals surface area contributed by atoms with Crippen molar-refractivity contribution >= 4 is 22.8 Å². The fourth-order valence-electron chi connectivity index (χ4n) is 3.67. The van der Waals surface area contributed by atoms with Gasteiger partial charge in [0.15, 0.2) is 6.61 Å². The van der Waals surface area contributed by atoms with Crippen molar-refractivity contribution in [2.45, 2.75) is 20.0 Å². The number of benzene rings is 3. The maximum absolute atomic E-state index is 13.3. The van der Waals surface area contributed by atoms with E-state index in [4.69, 9.17) is 14.6 Å². The predicted octanol–water partition coefficient (Wildman–Crippen LogP) is 5.24. The Morgan fingerprint density at radius 2 is 1.69 bits per heavy atom. The fraction of sp³-hybridized carbons (Fsp3) is 0.154. The van der Waals surface area contributed by atoms with Gasteiger partial charge in [-0.15, -0.1) is 0 Å². The fourth-order valence-corrected chi connectivity index (χ4v) is 3.67. The Kier molecular flexibility index (Phi) is 5.94. The normalized spacial score (nSPS) is 11.8. The minimum Gasteiger partial charge on any atom is -0.486 e. The largest absolute Gasteiger partial charge is 0.486 e. The molecule has 0 spiro atoms. The molecule has 0 aliphatic rings. The van der Waals surface area contributed by atoms with E-state index in [1.54, 1.807) is 41.0 Å². The van der Waals surface area contributed by atoms with Gasteiger partial charge in [-0.2, -0.15) is 0 Å². The van der Waals surface area contributed by atoms with Gasteiger partial charge in [0.25, 0.3) is 5.91 Å². The van der Waals surface area contributed by atoms with E-state index >= 15 is 0 Å². The number of carboxylic acids is 1. The van der Waals surface area contributed by atoms with Crippen molar-refractivity contribution in [1.29, 1.82) is 0 Å². The molecule has 0 amide bonds. The van der Waals surface area contributed by atoms with Gasteiger partial charge in [-0.1, -0.05) is 36.4 Å². The van der Waals surface area contributed by atoms with Crippen LogP contribution in [0.3, 0.4) is 0 Å². The molecule has 0 aliphatic heterocycles. The number of ether oxygens (including phenoxy) is 2. The van der Waals surface area contributed by atoms with Gasteiger partial charge in [-0.05, 0) is 61.9 Å². The quantitative estimate of drug-likeness (QED) is 0.435. The van der Waals surface area contributed by atoms with Gasteiger partial charge in [0.2, 0.25) is 0 Å². The van der Waals surface area contributed by atoms with Gasteiger partial charge >= 0.3 is 5.97 Å². The van der Waals surface area contributed by atoms with E-state index in [1.165, 1.54) is 0 Å². The van der Waals surface area contributed by atoms with Gasteiger partial charge in [0, 0.05) is 16.6 Å². The first-order valence-corrected chi connectivity index (χ1v) is 10.3. The number of fused-ring (bicyclic) bond motifs is 1. The standard InChI is InChI=1S/C26H23NO5/c1-17-15-22-23(9-6-10-24(22)31-16-25(28)29)27(17)26(30)20-11-13-21(14-12-20)32-18(2)19-7-4-3-5-8-19/h3-15,18H,16H2,1-2H3,(H,28,29). The lowest BCUT2D eigenvalue weighted by Gasteiger charge is -2.15. The van der Waals surface area contributed by atoms with Crippen LogP contribution in [0.4, 0.5) is 0 Å². The van der Waals surface area contributed by atoms with E-state index in [0.29, 0.717) is 28.0 Å². The maximum atomic E-state index is 13.3. The number of carbonyl (C=O) groups excluding carboxylic acids is 1. The van der Waals surface area contributed by atoms with Crippen LogP contribution in [0.25, 0.3) is 10.9 Å². The smallest absolute Gasteiger partial charge is 0.341 e. The molecule has 6 heteroatoms. The first-order valence-electron chi connectivity index (χ1n) is 10.3. The molecule has 4 rings (SSSR count). The average molecular weight is 429 g/mol. The van der Waals surface area contributed by atoms with Crippen LogP contribution in [-0.4, -0.2) is 28.2 Å². The van der Waals surface area contributed by atoms with Crippen molar-refractivity contribution < 1.29 is 24.2 Å². The van der Waals surface area contributed by atoms with Gasteiger partial charge in [-0.3, -0.25) is 9.36 Å². The van der Waals surface area contributed by atoms with Crippen LogP contribution in [0.1, 0.15) is 34.6 Å². The molecule has 0 saturated carbocycles. The molecule has 1 unspecified atom stereocenters. The second-order valence-corrected chi connectivity index (χ2v) is 7.49. The predicted molar refractivity (Wildman–Crippen MR) is 121 cm³/mol. The summed E-state index contributed by atoms with van der Waals surface area (Å²) in [5.41, 5.74) is 2.98. The number of carboxylic acid groups (broad SMARTS) is 1. The summed E-state index contributed by atoms with van der Waals surface area (Å²) in [5.74, 6) is -0.136. The highest BCUT2D eigenvalue weighted by Crippen LogP contribution is 2.30. The Morgan fingerprint density at radius 1 is 0.969 bits per heavy atom. The number of rotatable bonds is 7. The zero-order valence-corrected chi connectivity index (χ0v) is 17.8. The Morgan fingerprint density at radius 3 is 2.38 bits per heavy atom. The molecule has 0 saturated heterocycles. The third kappa shape index (κ3) is 4.34. The molecule has 1 heterocycles. The van der Waals surface area contributed by atoms with E-state index in [0.717, 1.165) is 11.3 Å². The summed E-state index contributed by atoms with van der Waals surface area (Å²) < 4.78 is 13.0. The van der Waals surface area contributed by atoms with Gasteiger partial charge < -0.3 is 14.6 Å². The van der Waals surface area contributed by atoms with E-state index in [2.05, 4.69) is 0 Å². The molecule has 0 radical (unpaired) electrons. The van der Waals surface area contributed by atoms with Crippen molar-refractivity contribution in [2.24, 2.45) is 0 Å². The molecule has 6 nitrogen and oxygen atoms in total. The number of hydrogen-bond acceptors (Lipinski definition) is 4. The maximum Gasteiger partial charge on any atom is 0.341 e. The first-order chi connectivity index (χ1) is 15.4. The van der Waals surface area contributed by atoms with Crippen LogP contribution in [0, 0.1) is 6.92 Å². The van der Waals surface area contributed by atoms with Crippen molar-refractivity contribution in [3.8, 4) is 11.5 Å². The molecule has 1 aromatic heterocycles. The molecule has 32 heavy (non-hydrogen) atoms. The van der Waals surface area contributed by atoms with Gasteiger partial charge in [0.1, 0.15) is 17.6 Å². The minimum atomic E-state index is -1.06. The molecular formula is C26H23NO5. The number of aryl methyl sites for hydroxylation is 1. The van der Waals surface area contributed by atoms with Crippen molar-refractivity contribution in [2.75, 3.05) is 6.61 Å². The Bertz CT molecular complexity index is 1260. The van der Waals surface area contributed by atoms with Gasteiger partial charge in [-0.25, -0.2) is 4.79 Å². The van der Waals surface area contributed by atoms with Crippen LogP contribution >= 0.6 is 0 Å². The molecule has 4 aromatic rings. The minimum absolute atomic E-state index is 0.113. The van der Waals surface area contributed by atoms with E-state index in [9.17, 15) is 9.59 Å². The van der Waals surface area contributed by atoms with E-state index < -0.39 is 12.6 Å². The molecule has 162 valence electrons. The third-order valence-electron chi connectivity index (χ3n) is 5.23. The lowest BCUT2D eigenvalue weighted by molar-refractivity contribution is -0.139. The van der Waals surface area contributed by atoms with Crippen LogP contribution in [0.5, 0.6) is 11.5 Å². The lowest BCUT2D eigenvalue weighted by Crippen LogP contribution is -2.13. The molecule has 0 bridgehead atoms. The second-order valence-electron chi connectivity index (χ2n) is 7.49. The topological polar surface area (TPSA) is 77.8 Å². The number of hydrogen-bond donors (Lipinski definition) is 1. The van der Waals surface area contributed by atoms with Crippen LogP contribution < -0.4 is 9.47 Å². The molecule has 1 atom stereocenters. The van der Waals surface area contributed by atoms with Crippen molar-refractivity contribution in [1.82, 2.24) is 4.57 Å². The molecule has 0 fully saturated rings. The summed E-state index contributed by atoms with van der Waals surface area (Å²) in [5, 5.41) is 9.58. The summed E-state index contributed by atoms with van der Waals surface area (Å²) >= 11 is 0.